The molecular formula is C16H11BrO2S. The summed E-state index contributed by atoms with van der Waals surface area (Å²) in [7, 11) is 0. The Balaban J connectivity index is 2.24. The fourth-order valence-corrected chi connectivity index (χ4v) is 3.75. The largest absolute Gasteiger partial charge is 0.295 e. The summed E-state index contributed by atoms with van der Waals surface area (Å²) in [5.41, 5.74) is 1.44. The molecule has 0 N–H and O–H groups in total. The van der Waals surface area contributed by atoms with Gasteiger partial charge >= 0.3 is 0 Å². The first kappa shape index (κ1) is 13.5. The van der Waals surface area contributed by atoms with Gasteiger partial charge in [-0.2, -0.15) is 0 Å². The summed E-state index contributed by atoms with van der Waals surface area (Å²) in [5.74, 6) is 0.147. The minimum atomic E-state index is 0.0690. The number of hydrogen-bond acceptors (Lipinski definition) is 3. The monoisotopic (exact) mass is 346 g/mol. The van der Waals surface area contributed by atoms with E-state index in [0.29, 0.717) is 10.9 Å². The number of halogens is 1. The number of fused-ring (bicyclic) bond motifs is 3. The molecule has 1 aromatic heterocycles. The molecule has 0 aliphatic heterocycles. The Bertz CT molecular complexity index is 848. The number of hydrogen-bond donors (Lipinski definition) is 0. The van der Waals surface area contributed by atoms with Crippen molar-refractivity contribution in [2.75, 3.05) is 5.33 Å². The zero-order chi connectivity index (χ0) is 14.3. The molecule has 0 fully saturated rings. The van der Waals surface area contributed by atoms with Gasteiger partial charge in [0.2, 0.25) is 0 Å². The van der Waals surface area contributed by atoms with E-state index < -0.39 is 0 Å². The normalized spacial score (nSPS) is 11.1. The summed E-state index contributed by atoms with van der Waals surface area (Å²) >= 11 is 4.81. The van der Waals surface area contributed by atoms with Gasteiger partial charge in [-0.15, -0.1) is 11.3 Å². The Morgan fingerprint density at radius 2 is 1.55 bits per heavy atom. The molecule has 0 amide bonds. The van der Waals surface area contributed by atoms with Crippen molar-refractivity contribution in [2.45, 2.75) is 6.92 Å². The number of thiophene rings is 1. The molecule has 0 aliphatic carbocycles. The molecule has 2 nitrogen and oxygen atoms in total. The standard InChI is InChI=1S/C16H11BrO2S/c1-9(18)10-2-4-12-13-5-3-11(14(19)8-17)7-16(13)20-15(12)6-10/h2-7H,8H2,1H3. The van der Waals surface area contributed by atoms with Gasteiger partial charge in [-0.3, -0.25) is 9.59 Å². The molecule has 20 heavy (non-hydrogen) atoms. The quantitative estimate of drug-likeness (QED) is 0.502. The third-order valence-corrected chi connectivity index (χ3v) is 4.95. The van der Waals surface area contributed by atoms with Crippen LogP contribution in [0.15, 0.2) is 36.4 Å². The van der Waals surface area contributed by atoms with E-state index in [2.05, 4.69) is 15.9 Å². The second-order valence-electron chi connectivity index (χ2n) is 4.64. The van der Waals surface area contributed by atoms with Gasteiger partial charge in [0.1, 0.15) is 0 Å². The molecule has 4 heteroatoms. The molecule has 0 radical (unpaired) electrons. The molecule has 0 saturated heterocycles. The van der Waals surface area contributed by atoms with Crippen LogP contribution in [0.3, 0.4) is 0 Å². The lowest BCUT2D eigenvalue weighted by Gasteiger charge is -1.98. The van der Waals surface area contributed by atoms with Crippen LogP contribution in [0.25, 0.3) is 20.2 Å². The smallest absolute Gasteiger partial charge is 0.173 e. The molecule has 0 bridgehead atoms. The van der Waals surface area contributed by atoms with Crippen molar-refractivity contribution in [1.82, 2.24) is 0 Å². The molecule has 100 valence electrons. The van der Waals surface area contributed by atoms with Crippen LogP contribution in [0.5, 0.6) is 0 Å². The van der Waals surface area contributed by atoms with Crippen molar-refractivity contribution in [1.29, 1.82) is 0 Å². The summed E-state index contributed by atoms with van der Waals surface area (Å²) in [6.45, 7) is 1.57. The first-order chi connectivity index (χ1) is 9.60. The number of carbonyl (C=O) groups is 2. The second-order valence-corrected chi connectivity index (χ2v) is 6.28. The zero-order valence-electron chi connectivity index (χ0n) is 10.8. The minimum Gasteiger partial charge on any atom is -0.295 e. The number of rotatable bonds is 3. The highest BCUT2D eigenvalue weighted by Gasteiger charge is 2.10. The van der Waals surface area contributed by atoms with Gasteiger partial charge in [-0.05, 0) is 19.1 Å². The average Bonchev–Trinajstić information content (AvgIpc) is 2.82. The first-order valence-corrected chi connectivity index (χ1v) is 8.10. The van der Waals surface area contributed by atoms with Crippen LogP contribution >= 0.6 is 27.3 Å². The molecule has 1 heterocycles. The van der Waals surface area contributed by atoms with Crippen LogP contribution in [0.4, 0.5) is 0 Å². The van der Waals surface area contributed by atoms with E-state index in [0.717, 1.165) is 25.7 Å². The maximum absolute atomic E-state index is 11.7. The molecule has 3 rings (SSSR count). The summed E-state index contributed by atoms with van der Waals surface area (Å²) < 4.78 is 2.16. The molecule has 2 aromatic carbocycles. The molecular weight excluding hydrogens is 336 g/mol. The van der Waals surface area contributed by atoms with E-state index in [9.17, 15) is 9.59 Å². The van der Waals surface area contributed by atoms with Gasteiger partial charge < -0.3 is 0 Å². The third-order valence-electron chi connectivity index (χ3n) is 3.32. The second kappa shape index (κ2) is 5.11. The Morgan fingerprint density at radius 3 is 2.10 bits per heavy atom. The topological polar surface area (TPSA) is 34.1 Å². The fraction of sp³-hybridized carbons (Fsp3) is 0.125. The molecule has 0 spiro atoms. The van der Waals surface area contributed by atoms with Crippen molar-refractivity contribution in [3.05, 3.63) is 47.5 Å². The SMILES string of the molecule is CC(=O)c1ccc2c(c1)sc1cc(C(=O)CBr)ccc12. The van der Waals surface area contributed by atoms with Crippen LogP contribution in [-0.2, 0) is 0 Å². The number of Topliss-reactive ketones (excluding diaryl/α,β-unsaturated/α-hetero) is 2. The van der Waals surface area contributed by atoms with E-state index in [1.54, 1.807) is 18.3 Å². The van der Waals surface area contributed by atoms with Crippen molar-refractivity contribution >= 4 is 59.0 Å². The van der Waals surface area contributed by atoms with E-state index in [1.165, 1.54) is 0 Å². The van der Waals surface area contributed by atoms with Crippen LogP contribution in [-0.4, -0.2) is 16.9 Å². The van der Waals surface area contributed by atoms with Gasteiger partial charge in [-0.25, -0.2) is 0 Å². The van der Waals surface area contributed by atoms with Crippen LogP contribution in [0.2, 0.25) is 0 Å². The average molecular weight is 347 g/mol. The number of alkyl halides is 1. The molecule has 0 unspecified atom stereocenters. The zero-order valence-corrected chi connectivity index (χ0v) is 13.2. The highest BCUT2D eigenvalue weighted by atomic mass is 79.9. The maximum atomic E-state index is 11.7. The van der Waals surface area contributed by atoms with Crippen molar-refractivity contribution < 1.29 is 9.59 Å². The Morgan fingerprint density at radius 1 is 1.00 bits per heavy atom. The van der Waals surface area contributed by atoms with E-state index >= 15 is 0 Å². The number of ketones is 2. The first-order valence-electron chi connectivity index (χ1n) is 6.16. The van der Waals surface area contributed by atoms with E-state index in [1.807, 2.05) is 36.4 Å². The lowest BCUT2D eigenvalue weighted by molar-refractivity contribution is 0.101. The Labute approximate surface area is 128 Å². The molecule has 0 aliphatic rings. The van der Waals surface area contributed by atoms with Crippen molar-refractivity contribution in [2.24, 2.45) is 0 Å². The van der Waals surface area contributed by atoms with Crippen LogP contribution in [0.1, 0.15) is 27.6 Å². The predicted octanol–water partition coefficient (Wildman–Crippen LogP) is 4.83. The summed E-state index contributed by atoms with van der Waals surface area (Å²) in [6, 6.07) is 11.5. The number of carbonyl (C=O) groups excluding carboxylic acids is 2. The summed E-state index contributed by atoms with van der Waals surface area (Å²) in [6.07, 6.45) is 0. The maximum Gasteiger partial charge on any atom is 0.173 e. The lowest BCUT2D eigenvalue weighted by atomic mass is 10.1. The van der Waals surface area contributed by atoms with Crippen molar-refractivity contribution in [3.63, 3.8) is 0 Å². The molecule has 3 aromatic rings. The van der Waals surface area contributed by atoms with Crippen molar-refractivity contribution in [3.8, 4) is 0 Å². The highest BCUT2D eigenvalue weighted by Crippen LogP contribution is 2.35. The minimum absolute atomic E-state index is 0.0690. The number of benzene rings is 2. The van der Waals surface area contributed by atoms with Gasteiger partial charge in [0.15, 0.2) is 11.6 Å². The molecule has 0 saturated carbocycles. The predicted molar refractivity (Wildman–Crippen MR) is 87.5 cm³/mol. The molecule has 0 atom stereocenters. The van der Waals surface area contributed by atoms with Crippen LogP contribution < -0.4 is 0 Å². The fourth-order valence-electron chi connectivity index (χ4n) is 2.25. The van der Waals surface area contributed by atoms with Gasteiger partial charge in [-0.1, -0.05) is 40.2 Å². The van der Waals surface area contributed by atoms with Crippen LogP contribution in [0, 0.1) is 0 Å². The Kier molecular flexibility index (Phi) is 3.44. The van der Waals surface area contributed by atoms with Gasteiger partial charge in [0, 0.05) is 31.3 Å². The van der Waals surface area contributed by atoms with Gasteiger partial charge in [0.25, 0.3) is 0 Å². The summed E-state index contributed by atoms with van der Waals surface area (Å²) in [5, 5.41) is 2.59. The third kappa shape index (κ3) is 2.19. The lowest BCUT2D eigenvalue weighted by Crippen LogP contribution is -1.98. The summed E-state index contributed by atoms with van der Waals surface area (Å²) in [4.78, 5) is 23.2. The highest BCUT2D eigenvalue weighted by molar-refractivity contribution is 9.09. The van der Waals surface area contributed by atoms with E-state index in [-0.39, 0.29) is 11.6 Å². The Hall–Kier alpha value is -1.52. The van der Waals surface area contributed by atoms with Gasteiger partial charge in [0.05, 0.1) is 5.33 Å². The van der Waals surface area contributed by atoms with E-state index in [4.69, 9.17) is 0 Å².